The molecule has 1 aliphatic heterocycles. The zero-order valence-electron chi connectivity index (χ0n) is 10.5. The zero-order valence-corrected chi connectivity index (χ0v) is 10.5. The average Bonchev–Trinajstić information content (AvgIpc) is 2.62. The van der Waals surface area contributed by atoms with Crippen molar-refractivity contribution in [2.24, 2.45) is 11.8 Å². The summed E-state index contributed by atoms with van der Waals surface area (Å²) in [5.41, 5.74) is -0.749. The fraction of sp³-hybridized carbons (Fsp3) is 0.769. The fourth-order valence-electron chi connectivity index (χ4n) is 2.99. The lowest BCUT2D eigenvalue weighted by Crippen LogP contribution is -2.39. The molecule has 0 aromatic heterocycles. The number of carbonyl (C=O) groups excluding carboxylic acids is 2. The van der Waals surface area contributed by atoms with Gasteiger partial charge in [0.25, 0.3) is 0 Å². The van der Waals surface area contributed by atoms with E-state index in [1.54, 1.807) is 6.92 Å². The third-order valence-corrected chi connectivity index (χ3v) is 3.84. The molecular weight excluding hydrogens is 234 g/mol. The maximum atomic E-state index is 11.9. The highest BCUT2D eigenvalue weighted by Gasteiger charge is 2.59. The predicted molar refractivity (Wildman–Crippen MR) is 61.1 cm³/mol. The molecule has 0 aromatic rings. The van der Waals surface area contributed by atoms with Crippen LogP contribution in [0.4, 0.5) is 0 Å². The van der Waals surface area contributed by atoms with E-state index in [1.807, 2.05) is 0 Å². The van der Waals surface area contributed by atoms with Crippen molar-refractivity contribution in [3.05, 3.63) is 0 Å². The van der Waals surface area contributed by atoms with Gasteiger partial charge in [-0.05, 0) is 32.6 Å². The normalized spacial score (nSPS) is 29.7. The van der Waals surface area contributed by atoms with Crippen LogP contribution in [0, 0.1) is 23.2 Å². The molecule has 1 saturated carbocycles. The van der Waals surface area contributed by atoms with Crippen LogP contribution in [0.25, 0.3) is 0 Å². The molecule has 0 amide bonds. The molecule has 1 aliphatic carbocycles. The summed E-state index contributed by atoms with van der Waals surface area (Å²) < 4.78 is 10.3. The van der Waals surface area contributed by atoms with Crippen molar-refractivity contribution in [1.82, 2.24) is 0 Å². The van der Waals surface area contributed by atoms with Crippen molar-refractivity contribution < 1.29 is 19.1 Å². The summed E-state index contributed by atoms with van der Waals surface area (Å²) in [5.74, 6) is -2.99. The smallest absolute Gasteiger partial charge is 0.322 e. The maximum Gasteiger partial charge on any atom is 0.322 e. The number of nitrogens with zero attached hydrogens (tertiary/aromatic N) is 1. The van der Waals surface area contributed by atoms with Crippen molar-refractivity contribution in [3.8, 4) is 6.07 Å². The van der Waals surface area contributed by atoms with Gasteiger partial charge in [-0.2, -0.15) is 5.26 Å². The summed E-state index contributed by atoms with van der Waals surface area (Å²) in [6.07, 6.45) is 4.29. The number of nitriles is 1. The van der Waals surface area contributed by atoms with E-state index in [9.17, 15) is 14.9 Å². The molecule has 2 aliphatic rings. The second kappa shape index (κ2) is 4.97. The first-order valence-electron chi connectivity index (χ1n) is 6.44. The highest BCUT2D eigenvalue weighted by molar-refractivity contribution is 5.97. The molecule has 0 aromatic carbocycles. The van der Waals surface area contributed by atoms with E-state index in [-0.39, 0.29) is 6.61 Å². The van der Waals surface area contributed by atoms with Gasteiger partial charge in [-0.3, -0.25) is 9.59 Å². The summed E-state index contributed by atoms with van der Waals surface area (Å²) in [6.45, 7) is 1.88. The second-order valence-electron chi connectivity index (χ2n) is 4.88. The molecule has 2 fully saturated rings. The standard InChI is InChI=1S/C13H17NO4/c1-2-17-11(15)10-9(8-14)13(18-12(10)16)6-4-3-5-7-13/h9-10H,2-7H2,1H3/t9-,10+/m0/s1. The Balaban J connectivity index is 2.24. The van der Waals surface area contributed by atoms with Crippen molar-refractivity contribution in [1.29, 1.82) is 5.26 Å². The summed E-state index contributed by atoms with van der Waals surface area (Å²) >= 11 is 0. The molecule has 2 rings (SSSR count). The highest BCUT2D eigenvalue weighted by Crippen LogP contribution is 2.46. The minimum Gasteiger partial charge on any atom is -0.465 e. The molecule has 0 bridgehead atoms. The van der Waals surface area contributed by atoms with Crippen LogP contribution in [0.5, 0.6) is 0 Å². The van der Waals surface area contributed by atoms with Gasteiger partial charge >= 0.3 is 11.9 Å². The number of esters is 2. The number of hydrogen-bond donors (Lipinski definition) is 0. The van der Waals surface area contributed by atoms with Crippen molar-refractivity contribution >= 4 is 11.9 Å². The Kier molecular flexibility index (Phi) is 3.55. The molecule has 0 unspecified atom stereocenters. The minimum absolute atomic E-state index is 0.202. The monoisotopic (exact) mass is 251 g/mol. The molecule has 1 heterocycles. The van der Waals surface area contributed by atoms with E-state index < -0.39 is 29.4 Å². The number of hydrogen-bond acceptors (Lipinski definition) is 5. The van der Waals surface area contributed by atoms with Gasteiger partial charge in [-0.1, -0.05) is 6.42 Å². The Morgan fingerprint density at radius 1 is 1.50 bits per heavy atom. The van der Waals surface area contributed by atoms with Gasteiger partial charge in [-0.15, -0.1) is 0 Å². The van der Waals surface area contributed by atoms with Gasteiger partial charge < -0.3 is 9.47 Å². The van der Waals surface area contributed by atoms with Gasteiger partial charge in [0.15, 0.2) is 5.92 Å². The van der Waals surface area contributed by atoms with Crippen LogP contribution in [0.2, 0.25) is 0 Å². The van der Waals surface area contributed by atoms with Crippen LogP contribution >= 0.6 is 0 Å². The fourth-order valence-corrected chi connectivity index (χ4v) is 2.99. The van der Waals surface area contributed by atoms with E-state index in [2.05, 4.69) is 6.07 Å². The molecule has 5 heteroatoms. The molecular formula is C13H17NO4. The predicted octanol–water partition coefficient (Wildman–Crippen LogP) is 1.57. The van der Waals surface area contributed by atoms with Crippen molar-refractivity contribution in [3.63, 3.8) is 0 Å². The first kappa shape index (κ1) is 12.9. The highest BCUT2D eigenvalue weighted by atomic mass is 16.6. The lowest BCUT2D eigenvalue weighted by molar-refractivity contribution is -0.159. The van der Waals surface area contributed by atoms with E-state index in [0.717, 1.165) is 19.3 Å². The summed E-state index contributed by atoms with van der Waals surface area (Å²) in [6, 6.07) is 2.10. The van der Waals surface area contributed by atoms with E-state index >= 15 is 0 Å². The minimum atomic E-state index is -1.06. The third kappa shape index (κ3) is 1.96. The zero-order chi connectivity index (χ0) is 13.2. The Hall–Kier alpha value is -1.57. The van der Waals surface area contributed by atoms with E-state index in [4.69, 9.17) is 9.47 Å². The third-order valence-electron chi connectivity index (χ3n) is 3.84. The quantitative estimate of drug-likeness (QED) is 0.550. The molecule has 2 atom stereocenters. The maximum absolute atomic E-state index is 11.9. The van der Waals surface area contributed by atoms with Crippen LogP contribution in [-0.4, -0.2) is 24.1 Å². The Morgan fingerprint density at radius 2 is 2.17 bits per heavy atom. The van der Waals surface area contributed by atoms with Gasteiger partial charge in [0.2, 0.25) is 0 Å². The number of ether oxygens (including phenoxy) is 2. The number of rotatable bonds is 2. The molecule has 1 spiro atoms. The summed E-state index contributed by atoms with van der Waals surface area (Å²) in [5, 5.41) is 9.30. The van der Waals surface area contributed by atoms with E-state index in [1.165, 1.54) is 0 Å². The number of carbonyl (C=O) groups is 2. The van der Waals surface area contributed by atoms with Crippen LogP contribution in [0.1, 0.15) is 39.0 Å². The second-order valence-corrected chi connectivity index (χ2v) is 4.88. The lowest BCUT2D eigenvalue weighted by Gasteiger charge is -2.34. The molecule has 0 radical (unpaired) electrons. The Morgan fingerprint density at radius 3 is 2.72 bits per heavy atom. The average molecular weight is 251 g/mol. The first-order valence-corrected chi connectivity index (χ1v) is 6.44. The summed E-state index contributed by atoms with van der Waals surface area (Å²) in [7, 11) is 0. The SMILES string of the molecule is CCOC(=O)[C@@H]1C(=O)OC2(CCCCC2)[C@H]1C#N. The lowest BCUT2D eigenvalue weighted by atomic mass is 9.73. The van der Waals surface area contributed by atoms with Gasteiger partial charge in [0, 0.05) is 0 Å². The van der Waals surface area contributed by atoms with Gasteiger partial charge in [-0.25, -0.2) is 0 Å². The van der Waals surface area contributed by atoms with Crippen LogP contribution < -0.4 is 0 Å². The topological polar surface area (TPSA) is 76.4 Å². The molecule has 1 saturated heterocycles. The Labute approximate surface area is 106 Å². The molecule has 18 heavy (non-hydrogen) atoms. The van der Waals surface area contributed by atoms with Crippen LogP contribution in [0.15, 0.2) is 0 Å². The molecule has 5 nitrogen and oxygen atoms in total. The van der Waals surface area contributed by atoms with Gasteiger partial charge in [0.05, 0.1) is 12.7 Å². The van der Waals surface area contributed by atoms with Crippen LogP contribution in [0.3, 0.4) is 0 Å². The van der Waals surface area contributed by atoms with Gasteiger partial charge in [0.1, 0.15) is 11.5 Å². The summed E-state index contributed by atoms with van der Waals surface area (Å²) in [4.78, 5) is 23.6. The largest absolute Gasteiger partial charge is 0.465 e. The van der Waals surface area contributed by atoms with Crippen molar-refractivity contribution in [2.75, 3.05) is 6.61 Å². The molecule has 0 N–H and O–H groups in total. The van der Waals surface area contributed by atoms with Crippen LogP contribution in [-0.2, 0) is 19.1 Å². The molecule has 98 valence electrons. The van der Waals surface area contributed by atoms with E-state index in [0.29, 0.717) is 12.8 Å². The Bertz CT molecular complexity index is 392. The van der Waals surface area contributed by atoms with Crippen molar-refractivity contribution in [2.45, 2.75) is 44.6 Å². The first-order chi connectivity index (χ1) is 8.64.